The summed E-state index contributed by atoms with van der Waals surface area (Å²) in [7, 11) is 3.78. The van der Waals surface area contributed by atoms with Gasteiger partial charge in [-0.25, -0.2) is 4.99 Å². The second-order valence-electron chi connectivity index (χ2n) is 7.43. The van der Waals surface area contributed by atoms with E-state index in [0.717, 1.165) is 37.4 Å². The van der Waals surface area contributed by atoms with Gasteiger partial charge < -0.3 is 20.7 Å². The van der Waals surface area contributed by atoms with Gasteiger partial charge in [0.15, 0.2) is 5.96 Å². The predicted octanol–water partition coefficient (Wildman–Crippen LogP) is 4.03. The van der Waals surface area contributed by atoms with Crippen LogP contribution >= 0.6 is 35.6 Å². The summed E-state index contributed by atoms with van der Waals surface area (Å²) >= 11 is 6.14. The third-order valence-corrected chi connectivity index (χ3v) is 5.39. The van der Waals surface area contributed by atoms with Crippen molar-refractivity contribution in [2.24, 2.45) is 10.7 Å². The summed E-state index contributed by atoms with van der Waals surface area (Å²) in [6, 6.07) is 14.0. The summed E-state index contributed by atoms with van der Waals surface area (Å²) in [6.07, 6.45) is 1.23. The quantitative estimate of drug-likeness (QED) is 0.327. The number of anilines is 1. The van der Waals surface area contributed by atoms with E-state index in [4.69, 9.17) is 22.1 Å². The average Bonchev–Trinajstić information content (AvgIpc) is 2.92. The first-order valence-electron chi connectivity index (χ1n) is 9.92. The van der Waals surface area contributed by atoms with Crippen molar-refractivity contribution in [1.29, 1.82) is 0 Å². The molecule has 1 aliphatic rings. The first-order valence-corrected chi connectivity index (χ1v) is 10.3. The van der Waals surface area contributed by atoms with Gasteiger partial charge in [0.2, 0.25) is 0 Å². The normalized spacial score (nSPS) is 15.9. The highest BCUT2D eigenvalue weighted by Crippen LogP contribution is 2.27. The van der Waals surface area contributed by atoms with Crippen LogP contribution in [0.15, 0.2) is 47.5 Å². The molecule has 3 rings (SSSR count). The van der Waals surface area contributed by atoms with Gasteiger partial charge in [0, 0.05) is 25.3 Å². The number of methoxy groups -OCH3 is 1. The summed E-state index contributed by atoms with van der Waals surface area (Å²) in [5, 5.41) is 3.58. The van der Waals surface area contributed by atoms with Crippen LogP contribution in [0.3, 0.4) is 0 Å². The Bertz CT molecular complexity index is 831. The van der Waals surface area contributed by atoms with E-state index in [1.807, 2.05) is 6.07 Å². The highest BCUT2D eigenvalue weighted by Gasteiger charge is 2.12. The van der Waals surface area contributed by atoms with E-state index in [1.54, 1.807) is 19.2 Å². The molecule has 6 nitrogen and oxygen atoms in total. The molecule has 8 heteroatoms. The zero-order valence-corrected chi connectivity index (χ0v) is 20.7. The minimum atomic E-state index is 0. The molecular weight excluding hydrogens is 513 g/mol. The average molecular weight is 544 g/mol. The number of benzene rings is 2. The topological polar surface area (TPSA) is 66.1 Å². The van der Waals surface area contributed by atoms with Gasteiger partial charge in [-0.05, 0) is 55.9 Å². The Morgan fingerprint density at radius 2 is 1.83 bits per heavy atom. The Hall–Kier alpha value is -1.55. The third kappa shape index (κ3) is 7.61. The number of nitrogens with one attached hydrogen (secondary N) is 1. The fraction of sp³-hybridized carbons (Fsp3) is 0.409. The van der Waals surface area contributed by atoms with E-state index < -0.39 is 0 Å². The molecule has 2 aromatic rings. The molecule has 0 saturated carbocycles. The van der Waals surface area contributed by atoms with Crippen LogP contribution in [0.1, 0.15) is 17.5 Å². The molecule has 2 aromatic carbocycles. The Morgan fingerprint density at radius 1 is 1.10 bits per heavy atom. The maximum Gasteiger partial charge on any atom is 0.193 e. The van der Waals surface area contributed by atoms with Crippen LogP contribution < -0.4 is 15.8 Å². The van der Waals surface area contributed by atoms with E-state index in [0.29, 0.717) is 23.3 Å². The van der Waals surface area contributed by atoms with Crippen molar-refractivity contribution in [3.63, 3.8) is 0 Å². The molecular formula is C22H31ClIN5O. The van der Waals surface area contributed by atoms with E-state index in [9.17, 15) is 0 Å². The van der Waals surface area contributed by atoms with Crippen LogP contribution in [0.4, 0.5) is 5.69 Å². The smallest absolute Gasteiger partial charge is 0.193 e. The molecule has 0 radical (unpaired) electrons. The molecule has 0 amide bonds. The van der Waals surface area contributed by atoms with Crippen LogP contribution in [0.25, 0.3) is 0 Å². The Kier molecular flexibility index (Phi) is 10.2. The molecule has 3 N–H and O–H groups in total. The number of ether oxygens (including phenoxy) is 1. The molecule has 0 bridgehead atoms. The maximum absolute atomic E-state index is 6.14. The lowest BCUT2D eigenvalue weighted by atomic mass is 10.1. The first kappa shape index (κ1) is 24.7. The lowest BCUT2D eigenvalue weighted by Gasteiger charge is -2.20. The van der Waals surface area contributed by atoms with Crippen molar-refractivity contribution in [3.05, 3.63) is 58.6 Å². The van der Waals surface area contributed by atoms with Crippen molar-refractivity contribution in [2.75, 3.05) is 45.7 Å². The standard InChI is InChI=1S/C22H30ClN5O.HI/c1-27-10-3-11-28(13-12-27)16-18-6-4-17(5-7-18)15-25-22(24)26-19-8-9-21(29-2)20(23)14-19;/h4-9,14H,3,10-13,15-16H2,1-2H3,(H3,24,25,26);1H. The first-order chi connectivity index (χ1) is 14.0. The molecule has 30 heavy (non-hydrogen) atoms. The van der Waals surface area contributed by atoms with Gasteiger partial charge in [-0.1, -0.05) is 35.9 Å². The minimum absolute atomic E-state index is 0. The summed E-state index contributed by atoms with van der Waals surface area (Å²) in [5.41, 5.74) is 9.24. The molecule has 1 heterocycles. The second kappa shape index (κ2) is 12.3. The van der Waals surface area contributed by atoms with Crippen LogP contribution in [0, 0.1) is 0 Å². The number of hydrogen-bond donors (Lipinski definition) is 2. The van der Waals surface area contributed by atoms with Crippen LogP contribution in [-0.2, 0) is 13.1 Å². The summed E-state index contributed by atoms with van der Waals surface area (Å²) in [4.78, 5) is 9.35. The van der Waals surface area contributed by atoms with Crippen molar-refractivity contribution in [1.82, 2.24) is 9.80 Å². The zero-order valence-electron chi connectivity index (χ0n) is 17.6. The molecule has 164 valence electrons. The van der Waals surface area contributed by atoms with Gasteiger partial charge >= 0.3 is 0 Å². The molecule has 0 aliphatic carbocycles. The Labute approximate surface area is 201 Å². The van der Waals surface area contributed by atoms with E-state index >= 15 is 0 Å². The van der Waals surface area contributed by atoms with E-state index in [-0.39, 0.29) is 24.0 Å². The number of nitrogens with zero attached hydrogens (tertiary/aromatic N) is 3. The van der Waals surface area contributed by atoms with Gasteiger partial charge in [0.1, 0.15) is 5.75 Å². The van der Waals surface area contributed by atoms with E-state index in [2.05, 4.69) is 51.4 Å². The van der Waals surface area contributed by atoms with E-state index in [1.165, 1.54) is 18.5 Å². The molecule has 0 aromatic heterocycles. The molecule has 1 aliphatic heterocycles. The van der Waals surface area contributed by atoms with Crippen molar-refractivity contribution >= 4 is 47.2 Å². The summed E-state index contributed by atoms with van der Waals surface area (Å²) in [5.74, 6) is 0.976. The number of guanidine groups is 1. The minimum Gasteiger partial charge on any atom is -0.495 e. The highest BCUT2D eigenvalue weighted by atomic mass is 127. The lowest BCUT2D eigenvalue weighted by Crippen LogP contribution is -2.28. The second-order valence-corrected chi connectivity index (χ2v) is 7.83. The molecule has 0 unspecified atom stereocenters. The van der Waals surface area contributed by atoms with Gasteiger partial charge in [-0.15, -0.1) is 24.0 Å². The molecule has 1 fully saturated rings. The molecule has 0 atom stereocenters. The van der Waals surface area contributed by atoms with Crippen molar-refractivity contribution in [2.45, 2.75) is 19.5 Å². The van der Waals surface area contributed by atoms with Crippen LogP contribution in [-0.4, -0.2) is 56.1 Å². The SMILES string of the molecule is COc1ccc(NC(N)=NCc2ccc(CN3CCCN(C)CC3)cc2)cc1Cl.I. The third-order valence-electron chi connectivity index (χ3n) is 5.10. The number of aliphatic imine (C=N–C) groups is 1. The summed E-state index contributed by atoms with van der Waals surface area (Å²) in [6.45, 7) is 6.13. The van der Waals surface area contributed by atoms with Gasteiger partial charge in [-0.3, -0.25) is 4.90 Å². The fourth-order valence-electron chi connectivity index (χ4n) is 3.37. The maximum atomic E-state index is 6.14. The molecule has 1 saturated heterocycles. The van der Waals surface area contributed by atoms with Gasteiger partial charge in [-0.2, -0.15) is 0 Å². The van der Waals surface area contributed by atoms with Crippen LogP contribution in [0.2, 0.25) is 5.02 Å². The number of hydrogen-bond acceptors (Lipinski definition) is 4. The predicted molar refractivity (Wildman–Crippen MR) is 136 cm³/mol. The van der Waals surface area contributed by atoms with Crippen molar-refractivity contribution in [3.8, 4) is 5.75 Å². The monoisotopic (exact) mass is 543 g/mol. The van der Waals surface area contributed by atoms with Gasteiger partial charge in [0.25, 0.3) is 0 Å². The number of halogens is 2. The largest absolute Gasteiger partial charge is 0.495 e. The fourth-order valence-corrected chi connectivity index (χ4v) is 3.63. The van der Waals surface area contributed by atoms with Gasteiger partial charge in [0.05, 0.1) is 18.7 Å². The Morgan fingerprint density at radius 3 is 2.53 bits per heavy atom. The van der Waals surface area contributed by atoms with Crippen molar-refractivity contribution < 1.29 is 4.74 Å². The zero-order chi connectivity index (χ0) is 20.6. The lowest BCUT2D eigenvalue weighted by molar-refractivity contribution is 0.269. The highest BCUT2D eigenvalue weighted by molar-refractivity contribution is 14.0. The summed E-state index contributed by atoms with van der Waals surface area (Å²) < 4.78 is 5.15. The number of rotatable bonds is 6. The number of likely N-dealkylation sites (N-methyl/N-ethyl adjacent to an activating group) is 1. The van der Waals surface area contributed by atoms with Crippen LogP contribution in [0.5, 0.6) is 5.75 Å². The number of nitrogens with two attached hydrogens (primary N) is 1. The molecule has 0 spiro atoms. The Balaban J connectivity index is 0.00000320.